The summed E-state index contributed by atoms with van der Waals surface area (Å²) in [5.74, 6) is 0.866. The Labute approximate surface area is 229 Å². The van der Waals surface area contributed by atoms with E-state index in [0.29, 0.717) is 17.9 Å². The summed E-state index contributed by atoms with van der Waals surface area (Å²) in [7, 11) is 0.363. The number of rotatable bonds is 9. The first-order valence-corrected chi connectivity index (χ1v) is 14.0. The van der Waals surface area contributed by atoms with E-state index in [1.54, 1.807) is 19.2 Å². The molecule has 0 radical (unpaired) electrons. The summed E-state index contributed by atoms with van der Waals surface area (Å²) < 4.78 is 44.8. The molecule has 0 aromatic heterocycles. The number of amides is 1. The highest BCUT2D eigenvalue weighted by atomic mass is 32.2. The molecule has 4 rings (SSSR count). The van der Waals surface area contributed by atoms with Gasteiger partial charge in [-0.1, -0.05) is 6.07 Å². The van der Waals surface area contributed by atoms with Crippen molar-refractivity contribution in [2.45, 2.75) is 38.0 Å². The van der Waals surface area contributed by atoms with Crippen molar-refractivity contribution in [3.63, 3.8) is 0 Å². The second-order valence-corrected chi connectivity index (χ2v) is 11.2. The Kier molecular flexibility index (Phi) is 8.44. The third-order valence-electron chi connectivity index (χ3n) is 6.52. The number of anilines is 1. The van der Waals surface area contributed by atoms with Crippen LogP contribution in [0, 0.1) is 13.8 Å². The average Bonchev–Trinajstić information content (AvgIpc) is 2.93. The van der Waals surface area contributed by atoms with Crippen molar-refractivity contribution < 1.29 is 27.4 Å². The molecule has 10 heteroatoms. The molecular formula is C29H33N3O6S. The van der Waals surface area contributed by atoms with Gasteiger partial charge in [-0.05, 0) is 92.3 Å². The van der Waals surface area contributed by atoms with Crippen LogP contribution >= 0.6 is 0 Å². The van der Waals surface area contributed by atoms with E-state index in [-0.39, 0.29) is 10.6 Å². The molecule has 1 N–H and O–H groups in total. The van der Waals surface area contributed by atoms with Crippen LogP contribution in [0.4, 0.5) is 5.69 Å². The van der Waals surface area contributed by atoms with Gasteiger partial charge >= 0.3 is 0 Å². The summed E-state index contributed by atoms with van der Waals surface area (Å²) in [5, 5.41) is 4.38. The summed E-state index contributed by atoms with van der Waals surface area (Å²) >= 11 is 0. The van der Waals surface area contributed by atoms with Gasteiger partial charge in [0.1, 0.15) is 12.3 Å². The maximum atomic E-state index is 13.9. The van der Waals surface area contributed by atoms with Gasteiger partial charge in [-0.2, -0.15) is 5.10 Å². The fourth-order valence-corrected chi connectivity index (χ4v) is 6.11. The van der Waals surface area contributed by atoms with Crippen LogP contribution in [0.15, 0.2) is 64.6 Å². The quantitative estimate of drug-likeness (QED) is 0.396. The van der Waals surface area contributed by atoms with E-state index in [2.05, 4.69) is 10.5 Å². The molecule has 1 aliphatic carbocycles. The largest absolute Gasteiger partial charge is 0.497 e. The highest BCUT2D eigenvalue weighted by Gasteiger charge is 2.29. The zero-order chi connectivity index (χ0) is 28.2. The monoisotopic (exact) mass is 551 g/mol. The van der Waals surface area contributed by atoms with Gasteiger partial charge in [0.05, 0.1) is 37.6 Å². The van der Waals surface area contributed by atoms with Crippen molar-refractivity contribution in [1.82, 2.24) is 5.43 Å². The average molecular weight is 552 g/mol. The maximum absolute atomic E-state index is 13.9. The number of carbonyl (C=O) groups excluding carboxylic acids is 1. The maximum Gasteiger partial charge on any atom is 0.264 e. The number of methoxy groups -OCH3 is 3. The van der Waals surface area contributed by atoms with E-state index in [1.165, 1.54) is 32.4 Å². The summed E-state index contributed by atoms with van der Waals surface area (Å²) in [6.45, 7) is 3.28. The molecule has 0 saturated carbocycles. The topological polar surface area (TPSA) is 107 Å². The number of hydrogen-bond acceptors (Lipinski definition) is 7. The van der Waals surface area contributed by atoms with E-state index in [4.69, 9.17) is 14.2 Å². The lowest BCUT2D eigenvalue weighted by Gasteiger charge is -2.25. The van der Waals surface area contributed by atoms with Crippen LogP contribution in [0.1, 0.15) is 35.1 Å². The Hall–Kier alpha value is -4.05. The first kappa shape index (κ1) is 28.0. The molecule has 3 aromatic carbocycles. The molecule has 0 unspecified atom stereocenters. The molecule has 0 aliphatic heterocycles. The third-order valence-corrected chi connectivity index (χ3v) is 8.29. The van der Waals surface area contributed by atoms with E-state index in [0.717, 1.165) is 50.9 Å². The summed E-state index contributed by atoms with van der Waals surface area (Å²) in [6, 6.07) is 15.5. The lowest BCUT2D eigenvalue weighted by atomic mass is 9.90. The number of benzene rings is 3. The molecule has 9 nitrogen and oxygen atoms in total. The summed E-state index contributed by atoms with van der Waals surface area (Å²) in [4.78, 5) is 13.1. The number of aryl methyl sites for hydroxylation is 3. The molecular weight excluding hydrogens is 518 g/mol. The molecule has 39 heavy (non-hydrogen) atoms. The molecule has 0 fully saturated rings. The van der Waals surface area contributed by atoms with Gasteiger partial charge in [-0.25, -0.2) is 13.8 Å². The Balaban J connectivity index is 1.66. The van der Waals surface area contributed by atoms with Crippen LogP contribution in [0.5, 0.6) is 17.2 Å². The number of sulfonamides is 1. The standard InChI is InChI=1S/C29H33N3O6S/c1-19-13-20(2)15-22(14-19)32(39(34,35)24-10-12-27(37-4)28(17-24)38-5)18-29(33)31-30-26-8-6-7-21-16-23(36-3)9-11-25(21)26/h9-17H,6-8,18H2,1-5H3,(H,31,33)/b30-26+. The fraction of sp³-hybridized carbons (Fsp3) is 0.310. The molecule has 1 amide bonds. The van der Waals surface area contributed by atoms with Gasteiger partial charge in [0.2, 0.25) is 0 Å². The highest BCUT2D eigenvalue weighted by molar-refractivity contribution is 7.92. The van der Waals surface area contributed by atoms with Gasteiger partial charge in [0.25, 0.3) is 15.9 Å². The van der Waals surface area contributed by atoms with Crippen molar-refractivity contribution in [1.29, 1.82) is 0 Å². The van der Waals surface area contributed by atoms with Crippen molar-refractivity contribution in [2.24, 2.45) is 5.10 Å². The molecule has 1 aliphatic rings. The van der Waals surface area contributed by atoms with E-state index >= 15 is 0 Å². The first-order chi connectivity index (χ1) is 18.7. The van der Waals surface area contributed by atoms with Gasteiger partial charge in [-0.15, -0.1) is 0 Å². The highest BCUT2D eigenvalue weighted by Crippen LogP contribution is 2.33. The SMILES string of the molecule is COc1ccc2c(c1)CCC/C2=N\NC(=O)CN(c1cc(C)cc(C)c1)S(=O)(=O)c1ccc(OC)c(OC)c1. The molecule has 0 bridgehead atoms. The zero-order valence-electron chi connectivity index (χ0n) is 22.8. The molecule has 206 valence electrons. The minimum Gasteiger partial charge on any atom is -0.497 e. The lowest BCUT2D eigenvalue weighted by molar-refractivity contribution is -0.119. The van der Waals surface area contributed by atoms with Crippen LogP contribution in [0.25, 0.3) is 0 Å². The van der Waals surface area contributed by atoms with Crippen molar-refractivity contribution in [2.75, 3.05) is 32.2 Å². The molecule has 0 spiro atoms. The van der Waals surface area contributed by atoms with E-state index in [1.807, 2.05) is 38.1 Å². The number of ether oxygens (including phenoxy) is 3. The number of fused-ring (bicyclic) bond motifs is 1. The Morgan fingerprint density at radius 2 is 1.62 bits per heavy atom. The Bertz CT molecular complexity index is 1500. The van der Waals surface area contributed by atoms with E-state index in [9.17, 15) is 13.2 Å². The zero-order valence-corrected chi connectivity index (χ0v) is 23.6. The van der Waals surface area contributed by atoms with Crippen LogP contribution in [-0.2, 0) is 21.2 Å². The molecule has 0 atom stereocenters. The molecule has 3 aromatic rings. The number of nitrogens with zero attached hydrogens (tertiary/aromatic N) is 2. The number of nitrogens with one attached hydrogen (secondary N) is 1. The van der Waals surface area contributed by atoms with E-state index < -0.39 is 22.5 Å². The predicted molar refractivity (Wildman–Crippen MR) is 151 cm³/mol. The summed E-state index contributed by atoms with van der Waals surface area (Å²) in [6.07, 6.45) is 2.48. The van der Waals surface area contributed by atoms with Crippen LogP contribution in [-0.4, -0.2) is 47.9 Å². The van der Waals surface area contributed by atoms with Crippen molar-refractivity contribution >= 4 is 27.3 Å². The van der Waals surface area contributed by atoms with Crippen molar-refractivity contribution in [3.8, 4) is 17.2 Å². The Morgan fingerprint density at radius 1 is 0.897 bits per heavy atom. The first-order valence-electron chi connectivity index (χ1n) is 12.5. The Morgan fingerprint density at radius 3 is 2.28 bits per heavy atom. The van der Waals surface area contributed by atoms with Crippen molar-refractivity contribution in [3.05, 3.63) is 76.9 Å². The van der Waals surface area contributed by atoms with Gasteiger partial charge in [0, 0.05) is 11.6 Å². The second-order valence-electron chi connectivity index (χ2n) is 9.34. The lowest BCUT2D eigenvalue weighted by Crippen LogP contribution is -2.40. The fourth-order valence-electron chi connectivity index (χ4n) is 4.69. The van der Waals surface area contributed by atoms with Gasteiger partial charge in [-0.3, -0.25) is 9.10 Å². The number of carbonyl (C=O) groups is 1. The minimum absolute atomic E-state index is 0.0337. The van der Waals surface area contributed by atoms with Crippen LogP contribution in [0.2, 0.25) is 0 Å². The minimum atomic E-state index is -4.17. The molecule has 0 heterocycles. The number of hydrazone groups is 1. The van der Waals surface area contributed by atoms with Gasteiger partial charge < -0.3 is 14.2 Å². The predicted octanol–water partition coefficient (Wildman–Crippen LogP) is 4.38. The third kappa shape index (κ3) is 6.17. The smallest absolute Gasteiger partial charge is 0.264 e. The second kappa shape index (κ2) is 11.8. The molecule has 0 saturated heterocycles. The number of hydrogen-bond donors (Lipinski definition) is 1. The van der Waals surface area contributed by atoms with Crippen LogP contribution in [0.3, 0.4) is 0 Å². The normalized spacial score (nSPS) is 13.9. The van der Waals surface area contributed by atoms with Crippen LogP contribution < -0.4 is 23.9 Å². The van der Waals surface area contributed by atoms with Gasteiger partial charge in [0.15, 0.2) is 11.5 Å². The summed E-state index contributed by atoms with van der Waals surface area (Å²) in [5.41, 5.74) is 7.49.